The molecule has 0 aromatic heterocycles. The number of fused-ring (bicyclic) bond motifs is 1. The smallest absolute Gasteiger partial charge is 0.265 e. The molecule has 0 saturated heterocycles. The molecule has 1 N–H and O–H groups in total. The molecule has 0 spiro atoms. The maximum absolute atomic E-state index is 13.0. The molecule has 0 fully saturated rings. The molecule has 168 valence electrons. The Labute approximate surface area is 192 Å². The van der Waals surface area contributed by atoms with Crippen molar-refractivity contribution in [3.05, 3.63) is 82.9 Å². The molecule has 1 aliphatic rings. The molecule has 3 aromatic rings. The Balaban J connectivity index is 1.62. The van der Waals surface area contributed by atoms with Crippen molar-refractivity contribution in [2.24, 2.45) is 0 Å². The molecule has 32 heavy (non-hydrogen) atoms. The molecule has 0 unspecified atom stereocenters. The third-order valence-corrected chi connectivity index (χ3v) is 8.73. The zero-order valence-electron chi connectivity index (χ0n) is 17.2. The van der Waals surface area contributed by atoms with E-state index in [-0.39, 0.29) is 27.1 Å². The number of anilines is 1. The molecule has 1 heterocycles. The number of hydrogen-bond donors (Lipinski definition) is 1. The predicted molar refractivity (Wildman–Crippen MR) is 123 cm³/mol. The molecule has 0 bridgehead atoms. The summed E-state index contributed by atoms with van der Waals surface area (Å²) < 4.78 is 61.0. The van der Waals surface area contributed by atoms with Crippen LogP contribution in [0.5, 0.6) is 5.75 Å². The molecule has 7 nitrogen and oxygen atoms in total. The maximum Gasteiger partial charge on any atom is 0.265 e. The van der Waals surface area contributed by atoms with Gasteiger partial charge < -0.3 is 4.74 Å². The minimum atomic E-state index is -3.98. The highest BCUT2D eigenvalue weighted by atomic mass is 35.5. The number of methoxy groups -OCH3 is 1. The zero-order chi connectivity index (χ0) is 22.9. The second-order valence-electron chi connectivity index (χ2n) is 7.29. The van der Waals surface area contributed by atoms with Gasteiger partial charge in [0.1, 0.15) is 10.6 Å². The first-order chi connectivity index (χ1) is 15.2. The SMILES string of the molecule is COc1ccc(Cl)cc1S(=O)(=O)Nc1ccc2c(c1)CN(S(=O)(=O)c1ccccc1)CC2. The standard InChI is InChI=1S/C22H21ClN2O5S2/c1-30-21-10-8-18(23)14-22(21)31(26,27)24-19-9-7-16-11-12-25(15-17(16)13-19)32(28,29)20-5-3-2-4-6-20/h2-10,13-14,24H,11-12,15H2,1H3. The molecule has 0 aliphatic carbocycles. The van der Waals surface area contributed by atoms with Gasteiger partial charge in [-0.05, 0) is 60.0 Å². The lowest BCUT2D eigenvalue weighted by molar-refractivity contribution is 0.391. The van der Waals surface area contributed by atoms with Gasteiger partial charge in [0.05, 0.1) is 12.0 Å². The first-order valence-corrected chi connectivity index (χ1v) is 13.0. The van der Waals surface area contributed by atoms with Crippen LogP contribution in [0.2, 0.25) is 5.02 Å². The Bertz CT molecular complexity index is 1360. The van der Waals surface area contributed by atoms with E-state index in [0.29, 0.717) is 18.7 Å². The number of halogens is 1. The largest absolute Gasteiger partial charge is 0.495 e. The van der Waals surface area contributed by atoms with Gasteiger partial charge in [0, 0.05) is 23.8 Å². The van der Waals surface area contributed by atoms with E-state index in [9.17, 15) is 16.8 Å². The summed E-state index contributed by atoms with van der Waals surface area (Å²) in [4.78, 5) is 0.145. The molecule has 0 radical (unpaired) electrons. The number of ether oxygens (including phenoxy) is 1. The third-order valence-electron chi connectivity index (χ3n) is 5.23. The predicted octanol–water partition coefficient (Wildman–Crippen LogP) is 3.90. The lowest BCUT2D eigenvalue weighted by atomic mass is 10.0. The molecule has 1 aliphatic heterocycles. The van der Waals surface area contributed by atoms with Crippen LogP contribution in [-0.2, 0) is 33.0 Å². The molecule has 0 atom stereocenters. The number of nitrogens with one attached hydrogen (secondary N) is 1. The summed E-state index contributed by atoms with van der Waals surface area (Å²) in [5.41, 5.74) is 2.05. The highest BCUT2D eigenvalue weighted by molar-refractivity contribution is 7.92. The van der Waals surface area contributed by atoms with Gasteiger partial charge >= 0.3 is 0 Å². The highest BCUT2D eigenvalue weighted by Crippen LogP contribution is 2.31. The van der Waals surface area contributed by atoms with E-state index in [1.165, 1.54) is 23.5 Å². The molecule has 0 amide bonds. The van der Waals surface area contributed by atoms with Gasteiger partial charge in [0.2, 0.25) is 10.0 Å². The van der Waals surface area contributed by atoms with Crippen LogP contribution in [0.15, 0.2) is 76.5 Å². The van der Waals surface area contributed by atoms with E-state index >= 15 is 0 Å². The molecule has 4 rings (SSSR count). The van der Waals surface area contributed by atoms with E-state index in [1.54, 1.807) is 48.5 Å². The lowest BCUT2D eigenvalue weighted by Crippen LogP contribution is -2.36. The van der Waals surface area contributed by atoms with E-state index in [1.807, 2.05) is 6.07 Å². The van der Waals surface area contributed by atoms with Crippen LogP contribution in [0.3, 0.4) is 0 Å². The van der Waals surface area contributed by atoms with E-state index in [0.717, 1.165) is 11.1 Å². The van der Waals surface area contributed by atoms with Crippen molar-refractivity contribution < 1.29 is 21.6 Å². The highest BCUT2D eigenvalue weighted by Gasteiger charge is 2.29. The number of sulfonamides is 2. The third kappa shape index (κ3) is 4.47. The van der Waals surface area contributed by atoms with Crippen molar-refractivity contribution in [3.8, 4) is 5.75 Å². The van der Waals surface area contributed by atoms with Crippen molar-refractivity contribution in [1.82, 2.24) is 4.31 Å². The number of benzene rings is 3. The Morgan fingerprint density at radius 2 is 1.69 bits per heavy atom. The van der Waals surface area contributed by atoms with Crippen LogP contribution >= 0.6 is 11.6 Å². The van der Waals surface area contributed by atoms with Crippen molar-refractivity contribution in [1.29, 1.82) is 0 Å². The fourth-order valence-corrected chi connectivity index (χ4v) is 6.53. The minimum Gasteiger partial charge on any atom is -0.495 e. The Morgan fingerprint density at radius 1 is 0.938 bits per heavy atom. The maximum atomic E-state index is 13.0. The topological polar surface area (TPSA) is 92.8 Å². The van der Waals surface area contributed by atoms with Crippen molar-refractivity contribution in [2.75, 3.05) is 18.4 Å². The minimum absolute atomic E-state index is 0.0847. The van der Waals surface area contributed by atoms with Crippen molar-refractivity contribution >= 4 is 37.3 Å². The summed E-state index contributed by atoms with van der Waals surface area (Å²) in [6.45, 7) is 0.512. The fraction of sp³-hybridized carbons (Fsp3) is 0.182. The fourth-order valence-electron chi connectivity index (χ4n) is 3.61. The Hall–Kier alpha value is -2.59. The zero-order valence-corrected chi connectivity index (χ0v) is 19.5. The van der Waals surface area contributed by atoms with Crippen LogP contribution in [-0.4, -0.2) is 34.8 Å². The van der Waals surface area contributed by atoms with E-state index in [2.05, 4.69) is 4.72 Å². The summed E-state index contributed by atoms with van der Waals surface area (Å²) >= 11 is 5.98. The van der Waals surface area contributed by atoms with Gasteiger partial charge in [-0.3, -0.25) is 4.72 Å². The van der Waals surface area contributed by atoms with Crippen molar-refractivity contribution in [3.63, 3.8) is 0 Å². The summed E-state index contributed by atoms with van der Waals surface area (Å²) in [5, 5.41) is 0.262. The van der Waals surface area contributed by atoms with Crippen LogP contribution < -0.4 is 9.46 Å². The monoisotopic (exact) mass is 492 g/mol. The number of rotatable bonds is 6. The van der Waals surface area contributed by atoms with Gasteiger partial charge in [-0.15, -0.1) is 0 Å². The number of nitrogens with zero attached hydrogens (tertiary/aromatic N) is 1. The van der Waals surface area contributed by atoms with E-state index < -0.39 is 20.0 Å². The second-order valence-corrected chi connectivity index (χ2v) is 11.3. The average Bonchev–Trinajstić information content (AvgIpc) is 2.79. The Kier molecular flexibility index (Phi) is 6.17. The summed E-state index contributed by atoms with van der Waals surface area (Å²) in [5.74, 6) is 0.167. The molecule has 3 aromatic carbocycles. The average molecular weight is 493 g/mol. The quantitative estimate of drug-likeness (QED) is 0.563. The first kappa shape index (κ1) is 22.6. The van der Waals surface area contributed by atoms with Crippen LogP contribution in [0.4, 0.5) is 5.69 Å². The van der Waals surface area contributed by atoms with Gasteiger partial charge in [-0.1, -0.05) is 35.9 Å². The van der Waals surface area contributed by atoms with Crippen LogP contribution in [0.1, 0.15) is 11.1 Å². The normalized spacial score (nSPS) is 14.6. The second kappa shape index (κ2) is 8.74. The van der Waals surface area contributed by atoms with Crippen LogP contribution in [0, 0.1) is 0 Å². The summed E-state index contributed by atoms with van der Waals surface area (Å²) in [7, 11) is -6.25. The van der Waals surface area contributed by atoms with Gasteiger partial charge in [-0.2, -0.15) is 4.31 Å². The van der Waals surface area contributed by atoms with Gasteiger partial charge in [-0.25, -0.2) is 16.8 Å². The van der Waals surface area contributed by atoms with Gasteiger partial charge in [0.25, 0.3) is 10.0 Å². The Morgan fingerprint density at radius 3 is 2.41 bits per heavy atom. The number of hydrogen-bond acceptors (Lipinski definition) is 5. The summed E-state index contributed by atoms with van der Waals surface area (Å²) in [6, 6.07) is 17.7. The van der Waals surface area contributed by atoms with Gasteiger partial charge in [0.15, 0.2) is 0 Å². The summed E-state index contributed by atoms with van der Waals surface area (Å²) in [6.07, 6.45) is 0.538. The lowest BCUT2D eigenvalue weighted by Gasteiger charge is -2.28. The molecular formula is C22H21ClN2O5S2. The van der Waals surface area contributed by atoms with Crippen molar-refractivity contribution in [2.45, 2.75) is 22.8 Å². The van der Waals surface area contributed by atoms with E-state index in [4.69, 9.17) is 16.3 Å². The van der Waals surface area contributed by atoms with Crippen LogP contribution in [0.25, 0.3) is 0 Å². The molecule has 0 saturated carbocycles. The molecule has 10 heteroatoms. The molecular weight excluding hydrogens is 472 g/mol. The first-order valence-electron chi connectivity index (χ1n) is 9.74.